The molecule has 0 saturated heterocycles. The number of nitrogens with one attached hydrogen (secondary N) is 1. The van der Waals surface area contributed by atoms with E-state index in [1.807, 2.05) is 6.07 Å². The zero-order chi connectivity index (χ0) is 15.2. The lowest BCUT2D eigenvalue weighted by atomic mass is 9.98. The predicted molar refractivity (Wildman–Crippen MR) is 75.5 cm³/mol. The molecular formula is C15H21NO4. The number of aromatic hydroxyl groups is 1. The van der Waals surface area contributed by atoms with Gasteiger partial charge < -0.3 is 15.5 Å². The van der Waals surface area contributed by atoms with Crippen molar-refractivity contribution < 1.29 is 19.8 Å². The van der Waals surface area contributed by atoms with Crippen molar-refractivity contribution in [3.8, 4) is 5.75 Å². The van der Waals surface area contributed by atoms with Crippen LogP contribution in [0.5, 0.6) is 5.75 Å². The molecule has 1 aromatic rings. The summed E-state index contributed by atoms with van der Waals surface area (Å²) in [6.45, 7) is 3.60. The number of carboxylic acid groups (broad SMARTS) is 1. The maximum Gasteiger partial charge on any atom is 0.303 e. The van der Waals surface area contributed by atoms with Crippen LogP contribution in [-0.4, -0.2) is 27.6 Å². The number of hydrogen-bond donors (Lipinski definition) is 3. The van der Waals surface area contributed by atoms with Gasteiger partial charge in [0.2, 0.25) is 5.91 Å². The van der Waals surface area contributed by atoms with Gasteiger partial charge in [-0.15, -0.1) is 0 Å². The number of rotatable bonds is 7. The Labute approximate surface area is 118 Å². The average molecular weight is 279 g/mol. The van der Waals surface area contributed by atoms with Crippen LogP contribution in [0.15, 0.2) is 24.3 Å². The quantitative estimate of drug-likeness (QED) is 0.713. The van der Waals surface area contributed by atoms with Gasteiger partial charge in [0.15, 0.2) is 0 Å². The number of hydrogen-bond acceptors (Lipinski definition) is 3. The van der Waals surface area contributed by atoms with Crippen LogP contribution in [0, 0.1) is 0 Å². The molecule has 0 bridgehead atoms. The standard InChI is InChI=1S/C15H21NO4/c1-15(2,10-9-14(19)20)16-13(18)8-7-11-5-3-4-6-12(11)17/h3-6,17H,7-10H2,1-2H3,(H,16,18)(H,19,20). The molecule has 1 aromatic carbocycles. The fraction of sp³-hybridized carbons (Fsp3) is 0.467. The molecule has 1 rings (SSSR count). The Kier molecular flexibility index (Phi) is 5.55. The van der Waals surface area contributed by atoms with Crippen molar-refractivity contribution in [1.82, 2.24) is 5.32 Å². The van der Waals surface area contributed by atoms with E-state index >= 15 is 0 Å². The van der Waals surface area contributed by atoms with E-state index in [1.165, 1.54) is 0 Å². The molecule has 0 fully saturated rings. The van der Waals surface area contributed by atoms with Gasteiger partial charge in [0, 0.05) is 18.4 Å². The van der Waals surface area contributed by atoms with E-state index in [9.17, 15) is 14.7 Å². The van der Waals surface area contributed by atoms with Crippen molar-refractivity contribution in [2.24, 2.45) is 0 Å². The third-order valence-corrected chi connectivity index (χ3v) is 3.05. The molecule has 0 spiro atoms. The Morgan fingerprint density at radius 1 is 1.20 bits per heavy atom. The summed E-state index contributed by atoms with van der Waals surface area (Å²) in [6, 6.07) is 6.90. The number of carboxylic acids is 1. The highest BCUT2D eigenvalue weighted by Crippen LogP contribution is 2.18. The lowest BCUT2D eigenvalue weighted by molar-refractivity contribution is -0.137. The second kappa shape index (κ2) is 6.93. The Hall–Kier alpha value is -2.04. The number of aryl methyl sites for hydroxylation is 1. The molecule has 0 saturated carbocycles. The summed E-state index contributed by atoms with van der Waals surface area (Å²) in [6.07, 6.45) is 1.11. The third-order valence-electron chi connectivity index (χ3n) is 3.05. The predicted octanol–water partition coefficient (Wildman–Crippen LogP) is 2.08. The molecule has 0 heterocycles. The monoisotopic (exact) mass is 279 g/mol. The maximum absolute atomic E-state index is 11.8. The molecular weight excluding hydrogens is 258 g/mol. The minimum Gasteiger partial charge on any atom is -0.508 e. The first-order valence-corrected chi connectivity index (χ1v) is 6.60. The van der Waals surface area contributed by atoms with Crippen molar-refractivity contribution in [2.75, 3.05) is 0 Å². The van der Waals surface area contributed by atoms with E-state index < -0.39 is 11.5 Å². The van der Waals surface area contributed by atoms with Crippen LogP contribution in [0.4, 0.5) is 0 Å². The SMILES string of the molecule is CC(C)(CCC(=O)O)NC(=O)CCc1ccccc1O. The van der Waals surface area contributed by atoms with Crippen molar-refractivity contribution in [2.45, 2.75) is 45.1 Å². The second-order valence-electron chi connectivity index (χ2n) is 5.45. The molecule has 5 heteroatoms. The van der Waals surface area contributed by atoms with E-state index in [4.69, 9.17) is 5.11 Å². The Morgan fingerprint density at radius 3 is 2.45 bits per heavy atom. The van der Waals surface area contributed by atoms with E-state index in [0.717, 1.165) is 5.56 Å². The van der Waals surface area contributed by atoms with Crippen molar-refractivity contribution in [3.05, 3.63) is 29.8 Å². The van der Waals surface area contributed by atoms with Crippen LogP contribution in [-0.2, 0) is 16.0 Å². The molecule has 0 radical (unpaired) electrons. The van der Waals surface area contributed by atoms with Crippen LogP contribution < -0.4 is 5.32 Å². The Morgan fingerprint density at radius 2 is 1.85 bits per heavy atom. The molecule has 3 N–H and O–H groups in total. The molecule has 1 amide bonds. The molecule has 0 unspecified atom stereocenters. The van der Waals surface area contributed by atoms with Gasteiger partial charge in [-0.05, 0) is 38.3 Å². The first-order valence-electron chi connectivity index (χ1n) is 6.60. The zero-order valence-corrected chi connectivity index (χ0v) is 11.8. The average Bonchev–Trinajstić information content (AvgIpc) is 2.35. The largest absolute Gasteiger partial charge is 0.508 e. The highest BCUT2D eigenvalue weighted by molar-refractivity contribution is 5.77. The van der Waals surface area contributed by atoms with Gasteiger partial charge in [-0.3, -0.25) is 9.59 Å². The van der Waals surface area contributed by atoms with E-state index in [1.54, 1.807) is 32.0 Å². The molecule has 0 aliphatic rings. The summed E-state index contributed by atoms with van der Waals surface area (Å²) in [5.74, 6) is -0.837. The second-order valence-corrected chi connectivity index (χ2v) is 5.45. The first-order chi connectivity index (χ1) is 9.30. The lowest BCUT2D eigenvalue weighted by Gasteiger charge is -2.25. The summed E-state index contributed by atoms with van der Waals surface area (Å²) >= 11 is 0. The molecule has 5 nitrogen and oxygen atoms in total. The highest BCUT2D eigenvalue weighted by atomic mass is 16.4. The molecule has 0 aliphatic carbocycles. The van der Waals surface area contributed by atoms with Gasteiger partial charge >= 0.3 is 5.97 Å². The lowest BCUT2D eigenvalue weighted by Crippen LogP contribution is -2.43. The van der Waals surface area contributed by atoms with Crippen LogP contribution in [0.3, 0.4) is 0 Å². The fourth-order valence-electron chi connectivity index (χ4n) is 1.89. The van der Waals surface area contributed by atoms with E-state index in [0.29, 0.717) is 12.8 Å². The summed E-state index contributed by atoms with van der Waals surface area (Å²) in [5.41, 5.74) is 0.180. The van der Waals surface area contributed by atoms with Crippen molar-refractivity contribution >= 4 is 11.9 Å². The molecule has 0 atom stereocenters. The smallest absolute Gasteiger partial charge is 0.303 e. The van der Waals surface area contributed by atoms with Crippen LogP contribution in [0.1, 0.15) is 38.7 Å². The molecule has 110 valence electrons. The molecule has 0 aliphatic heterocycles. The van der Waals surface area contributed by atoms with Gasteiger partial charge in [0.1, 0.15) is 5.75 Å². The number of carbonyl (C=O) groups is 2. The normalized spacial score (nSPS) is 11.1. The minimum absolute atomic E-state index is 0.0206. The number of phenolic OH excluding ortho intramolecular Hbond substituents is 1. The Balaban J connectivity index is 2.43. The summed E-state index contributed by atoms with van der Waals surface area (Å²) in [7, 11) is 0. The zero-order valence-electron chi connectivity index (χ0n) is 11.8. The van der Waals surface area contributed by atoms with Crippen LogP contribution in [0.25, 0.3) is 0 Å². The molecule has 20 heavy (non-hydrogen) atoms. The number of phenols is 1. The molecule has 0 aromatic heterocycles. The van der Waals surface area contributed by atoms with Crippen LogP contribution in [0.2, 0.25) is 0 Å². The number of aliphatic carboxylic acids is 1. The Bertz CT molecular complexity index is 483. The number of benzene rings is 1. The summed E-state index contributed by atoms with van der Waals surface area (Å²) in [5, 5.41) is 21.1. The highest BCUT2D eigenvalue weighted by Gasteiger charge is 2.21. The van der Waals surface area contributed by atoms with Gasteiger partial charge in [-0.2, -0.15) is 0 Å². The topological polar surface area (TPSA) is 86.6 Å². The van der Waals surface area contributed by atoms with E-state index in [-0.39, 0.29) is 24.5 Å². The maximum atomic E-state index is 11.8. The summed E-state index contributed by atoms with van der Waals surface area (Å²) < 4.78 is 0. The van der Waals surface area contributed by atoms with Gasteiger partial charge in [-0.25, -0.2) is 0 Å². The van der Waals surface area contributed by atoms with E-state index in [2.05, 4.69) is 5.32 Å². The van der Waals surface area contributed by atoms with Crippen molar-refractivity contribution in [3.63, 3.8) is 0 Å². The fourth-order valence-corrected chi connectivity index (χ4v) is 1.89. The number of para-hydroxylation sites is 1. The van der Waals surface area contributed by atoms with Gasteiger partial charge in [0.25, 0.3) is 0 Å². The summed E-state index contributed by atoms with van der Waals surface area (Å²) in [4.78, 5) is 22.4. The van der Waals surface area contributed by atoms with Crippen molar-refractivity contribution in [1.29, 1.82) is 0 Å². The number of amides is 1. The van der Waals surface area contributed by atoms with Gasteiger partial charge in [0.05, 0.1) is 0 Å². The van der Waals surface area contributed by atoms with Gasteiger partial charge in [-0.1, -0.05) is 18.2 Å². The minimum atomic E-state index is -0.874. The third kappa shape index (κ3) is 5.73. The van der Waals surface area contributed by atoms with Crippen LogP contribution >= 0.6 is 0 Å². The number of carbonyl (C=O) groups excluding carboxylic acids is 1. The first kappa shape index (κ1) is 16.0.